The second-order valence-electron chi connectivity index (χ2n) is 5.55. The van der Waals surface area contributed by atoms with E-state index in [0.717, 1.165) is 23.9 Å². The Morgan fingerprint density at radius 1 is 1.26 bits per heavy atom. The molecule has 0 aliphatic heterocycles. The minimum absolute atomic E-state index is 0.311. The molecule has 1 rings (SSSR count). The van der Waals surface area contributed by atoms with Crippen LogP contribution in [-0.4, -0.2) is 25.8 Å². The lowest BCUT2D eigenvalue weighted by molar-refractivity contribution is 0.0942. The number of rotatable bonds is 8. The van der Waals surface area contributed by atoms with Gasteiger partial charge in [0.25, 0.3) is 0 Å². The highest BCUT2D eigenvalue weighted by atomic mass is 79.9. The molecule has 0 saturated carbocycles. The van der Waals surface area contributed by atoms with Crippen LogP contribution in [0.5, 0.6) is 0 Å². The Bertz CT molecular complexity index is 368. The molecule has 2 nitrogen and oxygen atoms in total. The average molecular weight is 328 g/mol. The van der Waals surface area contributed by atoms with E-state index in [9.17, 15) is 0 Å². The van der Waals surface area contributed by atoms with Gasteiger partial charge in [0.2, 0.25) is 0 Å². The van der Waals surface area contributed by atoms with Crippen LogP contribution in [0.4, 0.5) is 0 Å². The van der Waals surface area contributed by atoms with Crippen LogP contribution in [0.2, 0.25) is 0 Å². The van der Waals surface area contributed by atoms with Crippen LogP contribution in [0.15, 0.2) is 28.7 Å². The molecule has 0 spiro atoms. The summed E-state index contributed by atoms with van der Waals surface area (Å²) in [7, 11) is 1.79. The van der Waals surface area contributed by atoms with Crippen LogP contribution >= 0.6 is 15.9 Å². The summed E-state index contributed by atoms with van der Waals surface area (Å²) in [5, 5.41) is 3.54. The molecule has 2 unspecified atom stereocenters. The third-order valence-electron chi connectivity index (χ3n) is 3.30. The largest absolute Gasteiger partial charge is 0.382 e. The fourth-order valence-electron chi connectivity index (χ4n) is 2.20. The second kappa shape index (κ2) is 8.72. The lowest BCUT2D eigenvalue weighted by Crippen LogP contribution is -2.31. The smallest absolute Gasteiger partial charge is 0.0546 e. The van der Waals surface area contributed by atoms with E-state index in [1.54, 1.807) is 7.11 Å². The Morgan fingerprint density at radius 2 is 2.00 bits per heavy atom. The number of ether oxygens (including phenoxy) is 1. The van der Waals surface area contributed by atoms with Crippen molar-refractivity contribution in [1.29, 1.82) is 0 Å². The summed E-state index contributed by atoms with van der Waals surface area (Å²) in [6, 6.07) is 9.11. The molecule has 0 amide bonds. The molecule has 0 radical (unpaired) electrons. The Kier molecular flexibility index (Phi) is 7.66. The highest BCUT2D eigenvalue weighted by Crippen LogP contribution is 2.18. The number of nitrogens with one attached hydrogen (secondary N) is 1. The maximum atomic E-state index is 5.41. The number of halogens is 1. The SMILES string of the molecule is COC(C)CC(CNC(C)C)Cc1cccc(Br)c1. The molecule has 19 heavy (non-hydrogen) atoms. The van der Waals surface area contributed by atoms with Gasteiger partial charge in [-0.25, -0.2) is 0 Å². The van der Waals surface area contributed by atoms with Gasteiger partial charge in [0.1, 0.15) is 0 Å². The quantitative estimate of drug-likeness (QED) is 0.778. The van der Waals surface area contributed by atoms with Gasteiger partial charge in [-0.1, -0.05) is 41.9 Å². The topological polar surface area (TPSA) is 21.3 Å². The Morgan fingerprint density at radius 3 is 2.58 bits per heavy atom. The Hall–Kier alpha value is -0.380. The molecule has 1 N–H and O–H groups in total. The fraction of sp³-hybridized carbons (Fsp3) is 0.625. The monoisotopic (exact) mass is 327 g/mol. The average Bonchev–Trinajstić information content (AvgIpc) is 2.35. The maximum Gasteiger partial charge on any atom is 0.0546 e. The van der Waals surface area contributed by atoms with Gasteiger partial charge in [-0.3, -0.25) is 0 Å². The summed E-state index contributed by atoms with van der Waals surface area (Å²) in [5.74, 6) is 0.603. The summed E-state index contributed by atoms with van der Waals surface area (Å²) < 4.78 is 6.56. The normalized spacial score (nSPS) is 14.6. The zero-order valence-electron chi connectivity index (χ0n) is 12.4. The molecule has 3 heteroatoms. The van der Waals surface area contributed by atoms with Crippen molar-refractivity contribution in [2.24, 2.45) is 5.92 Å². The van der Waals surface area contributed by atoms with E-state index in [1.807, 2.05) is 0 Å². The molecule has 2 atom stereocenters. The zero-order chi connectivity index (χ0) is 14.3. The van der Waals surface area contributed by atoms with Crippen LogP contribution in [-0.2, 0) is 11.2 Å². The van der Waals surface area contributed by atoms with Crippen LogP contribution in [0.25, 0.3) is 0 Å². The van der Waals surface area contributed by atoms with Gasteiger partial charge in [-0.15, -0.1) is 0 Å². The number of hydrogen-bond acceptors (Lipinski definition) is 2. The second-order valence-corrected chi connectivity index (χ2v) is 6.46. The van der Waals surface area contributed by atoms with E-state index < -0.39 is 0 Å². The van der Waals surface area contributed by atoms with E-state index in [1.165, 1.54) is 5.56 Å². The minimum atomic E-state index is 0.311. The lowest BCUT2D eigenvalue weighted by atomic mass is 9.93. The van der Waals surface area contributed by atoms with Crippen molar-refractivity contribution >= 4 is 15.9 Å². The molecule has 0 bridgehead atoms. The van der Waals surface area contributed by atoms with Gasteiger partial charge in [0, 0.05) is 17.6 Å². The Labute approximate surface area is 126 Å². The fourth-order valence-corrected chi connectivity index (χ4v) is 2.65. The molecule has 0 aromatic heterocycles. The van der Waals surface area contributed by atoms with Crippen molar-refractivity contribution in [1.82, 2.24) is 5.32 Å². The molecular weight excluding hydrogens is 302 g/mol. The van der Waals surface area contributed by atoms with E-state index in [2.05, 4.69) is 66.3 Å². The van der Waals surface area contributed by atoms with Crippen molar-refractivity contribution in [2.75, 3.05) is 13.7 Å². The molecule has 0 aliphatic rings. The first kappa shape index (κ1) is 16.7. The number of methoxy groups -OCH3 is 1. The third-order valence-corrected chi connectivity index (χ3v) is 3.79. The van der Waals surface area contributed by atoms with Crippen LogP contribution in [0.3, 0.4) is 0 Å². The van der Waals surface area contributed by atoms with E-state index in [4.69, 9.17) is 4.74 Å². The van der Waals surface area contributed by atoms with Gasteiger partial charge >= 0.3 is 0 Å². The lowest BCUT2D eigenvalue weighted by Gasteiger charge is -2.22. The van der Waals surface area contributed by atoms with E-state index >= 15 is 0 Å². The highest BCUT2D eigenvalue weighted by molar-refractivity contribution is 9.10. The predicted molar refractivity (Wildman–Crippen MR) is 85.6 cm³/mol. The van der Waals surface area contributed by atoms with Crippen molar-refractivity contribution in [2.45, 2.75) is 45.8 Å². The molecule has 0 saturated heterocycles. The molecule has 0 heterocycles. The first-order valence-corrected chi connectivity index (χ1v) is 7.81. The molecule has 1 aromatic rings. The standard InChI is InChI=1S/C16H26BrNO/c1-12(2)18-11-15(8-13(3)19-4)9-14-6-5-7-16(17)10-14/h5-7,10,12-13,15,18H,8-9,11H2,1-4H3. The van der Waals surface area contributed by atoms with Gasteiger partial charge < -0.3 is 10.1 Å². The zero-order valence-corrected chi connectivity index (χ0v) is 14.0. The third kappa shape index (κ3) is 7.09. The summed E-state index contributed by atoms with van der Waals surface area (Å²) in [6.45, 7) is 7.56. The molecule has 1 aromatic carbocycles. The summed E-state index contributed by atoms with van der Waals surface area (Å²) in [5.41, 5.74) is 1.38. The van der Waals surface area contributed by atoms with E-state index in [0.29, 0.717) is 18.1 Å². The van der Waals surface area contributed by atoms with Crippen molar-refractivity contribution in [3.63, 3.8) is 0 Å². The van der Waals surface area contributed by atoms with Crippen LogP contribution in [0.1, 0.15) is 32.8 Å². The minimum Gasteiger partial charge on any atom is -0.382 e. The van der Waals surface area contributed by atoms with Crippen LogP contribution < -0.4 is 5.32 Å². The van der Waals surface area contributed by atoms with Crippen molar-refractivity contribution in [3.05, 3.63) is 34.3 Å². The number of hydrogen-bond donors (Lipinski definition) is 1. The van der Waals surface area contributed by atoms with E-state index in [-0.39, 0.29) is 0 Å². The van der Waals surface area contributed by atoms with Crippen LogP contribution in [0, 0.1) is 5.92 Å². The van der Waals surface area contributed by atoms with Crippen molar-refractivity contribution in [3.8, 4) is 0 Å². The van der Waals surface area contributed by atoms with Gasteiger partial charge in [-0.05, 0) is 49.9 Å². The first-order valence-electron chi connectivity index (χ1n) is 7.02. The molecule has 0 aliphatic carbocycles. The highest BCUT2D eigenvalue weighted by Gasteiger charge is 2.14. The van der Waals surface area contributed by atoms with Gasteiger partial charge in [0.15, 0.2) is 0 Å². The Balaban J connectivity index is 2.61. The summed E-state index contributed by atoms with van der Waals surface area (Å²) in [4.78, 5) is 0. The molecule has 108 valence electrons. The molecule has 0 fully saturated rings. The first-order chi connectivity index (χ1) is 9.01. The van der Waals surface area contributed by atoms with Crippen molar-refractivity contribution < 1.29 is 4.74 Å². The molecular formula is C16H26BrNO. The van der Waals surface area contributed by atoms with Gasteiger partial charge in [0.05, 0.1) is 6.10 Å². The maximum absolute atomic E-state index is 5.41. The number of benzene rings is 1. The van der Waals surface area contributed by atoms with Gasteiger partial charge in [-0.2, -0.15) is 0 Å². The predicted octanol–water partition coefficient (Wildman–Crippen LogP) is 4.03. The summed E-state index contributed by atoms with van der Waals surface area (Å²) >= 11 is 3.54. The summed E-state index contributed by atoms with van der Waals surface area (Å²) in [6.07, 6.45) is 2.49.